The Morgan fingerprint density at radius 2 is 1.96 bits per heavy atom. The standard InChI is InChI=1S/C15H12FN3O3S/c1-10(20)18-12-5-6-14(16)15(8-12)19-23(21,22)13-4-2-3-11(7-13)9-17/h2-8,19H,1H3,(H,18,20). The van der Waals surface area contributed by atoms with Gasteiger partial charge < -0.3 is 5.32 Å². The van der Waals surface area contributed by atoms with Gasteiger partial charge in [-0.05, 0) is 36.4 Å². The van der Waals surface area contributed by atoms with E-state index in [1.807, 2.05) is 6.07 Å². The first-order chi connectivity index (χ1) is 10.8. The van der Waals surface area contributed by atoms with Crippen LogP contribution in [0, 0.1) is 17.1 Å². The predicted molar refractivity (Wildman–Crippen MR) is 82.7 cm³/mol. The Bertz CT molecular complexity index is 904. The topological polar surface area (TPSA) is 99.1 Å². The van der Waals surface area contributed by atoms with Crippen LogP contribution in [0.25, 0.3) is 0 Å². The van der Waals surface area contributed by atoms with Gasteiger partial charge in [0.15, 0.2) is 0 Å². The quantitative estimate of drug-likeness (QED) is 0.897. The van der Waals surface area contributed by atoms with Crippen molar-refractivity contribution in [2.75, 3.05) is 10.0 Å². The minimum atomic E-state index is -4.07. The number of nitriles is 1. The Balaban J connectivity index is 2.37. The lowest BCUT2D eigenvalue weighted by Gasteiger charge is -2.11. The number of rotatable bonds is 4. The Morgan fingerprint density at radius 1 is 1.22 bits per heavy atom. The first-order valence-electron chi connectivity index (χ1n) is 6.42. The number of hydrogen-bond donors (Lipinski definition) is 2. The molecule has 0 saturated heterocycles. The van der Waals surface area contributed by atoms with E-state index in [9.17, 15) is 17.6 Å². The molecule has 0 radical (unpaired) electrons. The minimum absolute atomic E-state index is 0.166. The second-order valence-corrected chi connectivity index (χ2v) is 6.30. The Kier molecular flexibility index (Phi) is 4.62. The van der Waals surface area contributed by atoms with Gasteiger partial charge in [-0.2, -0.15) is 5.26 Å². The van der Waals surface area contributed by atoms with E-state index >= 15 is 0 Å². The van der Waals surface area contributed by atoms with E-state index in [0.717, 1.165) is 6.07 Å². The van der Waals surface area contributed by atoms with E-state index in [1.165, 1.54) is 43.3 Å². The Labute approximate surface area is 132 Å². The molecule has 1 amide bonds. The van der Waals surface area contributed by atoms with Crippen molar-refractivity contribution in [2.24, 2.45) is 0 Å². The molecule has 0 aliphatic rings. The van der Waals surface area contributed by atoms with Gasteiger partial charge in [0.1, 0.15) is 5.82 Å². The fourth-order valence-electron chi connectivity index (χ4n) is 1.82. The third kappa shape index (κ3) is 4.05. The summed E-state index contributed by atoms with van der Waals surface area (Å²) in [5, 5.41) is 11.2. The van der Waals surface area contributed by atoms with Gasteiger partial charge in [-0.3, -0.25) is 9.52 Å². The summed E-state index contributed by atoms with van der Waals surface area (Å²) in [6.45, 7) is 1.28. The molecule has 0 bridgehead atoms. The molecule has 0 fully saturated rings. The van der Waals surface area contributed by atoms with Gasteiger partial charge in [-0.1, -0.05) is 6.07 Å². The SMILES string of the molecule is CC(=O)Nc1ccc(F)c(NS(=O)(=O)c2cccc(C#N)c2)c1. The molecular weight excluding hydrogens is 321 g/mol. The number of carbonyl (C=O) groups is 1. The molecule has 0 unspecified atom stereocenters. The lowest BCUT2D eigenvalue weighted by atomic mass is 10.2. The zero-order valence-electron chi connectivity index (χ0n) is 12.0. The van der Waals surface area contributed by atoms with E-state index in [1.54, 1.807) is 0 Å². The van der Waals surface area contributed by atoms with Crippen LogP contribution in [0.3, 0.4) is 0 Å². The van der Waals surface area contributed by atoms with Crippen LogP contribution in [-0.4, -0.2) is 14.3 Å². The molecule has 8 heteroatoms. The molecule has 6 nitrogen and oxygen atoms in total. The monoisotopic (exact) mass is 333 g/mol. The zero-order valence-corrected chi connectivity index (χ0v) is 12.8. The van der Waals surface area contributed by atoms with Gasteiger partial charge in [-0.25, -0.2) is 12.8 Å². The van der Waals surface area contributed by atoms with Crippen molar-refractivity contribution in [3.8, 4) is 6.07 Å². The van der Waals surface area contributed by atoms with Crippen LogP contribution in [0.15, 0.2) is 47.4 Å². The highest BCUT2D eigenvalue weighted by molar-refractivity contribution is 7.92. The maximum absolute atomic E-state index is 13.8. The molecule has 0 saturated carbocycles. The second-order valence-electron chi connectivity index (χ2n) is 4.62. The van der Waals surface area contributed by atoms with Crippen molar-refractivity contribution in [3.05, 3.63) is 53.8 Å². The summed E-state index contributed by atoms with van der Waals surface area (Å²) >= 11 is 0. The summed E-state index contributed by atoms with van der Waals surface area (Å²) in [6.07, 6.45) is 0. The van der Waals surface area contributed by atoms with E-state index in [2.05, 4.69) is 10.0 Å². The molecule has 0 aliphatic carbocycles. The molecular formula is C15H12FN3O3S. The number of benzene rings is 2. The average Bonchev–Trinajstić information content (AvgIpc) is 2.50. The van der Waals surface area contributed by atoms with Gasteiger partial charge >= 0.3 is 0 Å². The van der Waals surface area contributed by atoms with Crippen LogP contribution in [0.5, 0.6) is 0 Å². The van der Waals surface area contributed by atoms with Gasteiger partial charge in [0.25, 0.3) is 10.0 Å². The summed E-state index contributed by atoms with van der Waals surface area (Å²) in [5.74, 6) is -1.16. The molecule has 0 aromatic heterocycles. The Morgan fingerprint density at radius 3 is 2.61 bits per heavy atom. The first kappa shape index (κ1) is 16.5. The van der Waals surface area contributed by atoms with Gasteiger partial charge in [0.05, 0.1) is 22.2 Å². The maximum atomic E-state index is 13.8. The first-order valence-corrected chi connectivity index (χ1v) is 7.90. The molecule has 0 spiro atoms. The molecule has 2 N–H and O–H groups in total. The van der Waals surface area contributed by atoms with Crippen LogP contribution < -0.4 is 10.0 Å². The predicted octanol–water partition coefficient (Wildman–Crippen LogP) is 2.46. The smallest absolute Gasteiger partial charge is 0.262 e. The highest BCUT2D eigenvalue weighted by Crippen LogP contribution is 2.23. The van der Waals surface area contributed by atoms with Crippen molar-refractivity contribution in [2.45, 2.75) is 11.8 Å². The summed E-state index contributed by atoms with van der Waals surface area (Å²) in [6, 6.07) is 10.7. The van der Waals surface area contributed by atoms with E-state index in [0.29, 0.717) is 0 Å². The number of hydrogen-bond acceptors (Lipinski definition) is 4. The van der Waals surface area contributed by atoms with Gasteiger partial charge in [-0.15, -0.1) is 0 Å². The number of nitrogens with one attached hydrogen (secondary N) is 2. The van der Waals surface area contributed by atoms with Gasteiger partial charge in [0.2, 0.25) is 5.91 Å². The molecule has 0 heterocycles. The van der Waals surface area contributed by atoms with E-state index in [4.69, 9.17) is 5.26 Å². The lowest BCUT2D eigenvalue weighted by Crippen LogP contribution is -2.15. The molecule has 118 valence electrons. The van der Waals surface area contributed by atoms with Crippen molar-refractivity contribution >= 4 is 27.3 Å². The number of amides is 1. The summed E-state index contributed by atoms with van der Waals surface area (Å²) in [5.41, 5.74) is 0.112. The molecule has 2 aromatic carbocycles. The third-order valence-electron chi connectivity index (χ3n) is 2.80. The second kappa shape index (κ2) is 6.46. The average molecular weight is 333 g/mol. The van der Waals surface area contributed by atoms with Crippen LogP contribution >= 0.6 is 0 Å². The van der Waals surface area contributed by atoms with Gasteiger partial charge in [0, 0.05) is 12.6 Å². The van der Waals surface area contributed by atoms with Crippen molar-refractivity contribution < 1.29 is 17.6 Å². The molecule has 2 aromatic rings. The molecule has 0 aliphatic heterocycles. The zero-order chi connectivity index (χ0) is 17.0. The highest BCUT2D eigenvalue weighted by Gasteiger charge is 2.17. The van der Waals surface area contributed by atoms with Crippen LogP contribution in [0.1, 0.15) is 12.5 Å². The van der Waals surface area contributed by atoms with E-state index in [-0.39, 0.29) is 27.7 Å². The Hall–Kier alpha value is -2.92. The normalized spacial score (nSPS) is 10.7. The minimum Gasteiger partial charge on any atom is -0.326 e. The number of nitrogens with zero attached hydrogens (tertiary/aromatic N) is 1. The fraction of sp³-hybridized carbons (Fsp3) is 0.0667. The summed E-state index contributed by atoms with van der Waals surface area (Å²) in [7, 11) is -4.07. The number of anilines is 2. The lowest BCUT2D eigenvalue weighted by molar-refractivity contribution is -0.114. The van der Waals surface area contributed by atoms with Crippen LogP contribution in [0.4, 0.5) is 15.8 Å². The fourth-order valence-corrected chi connectivity index (χ4v) is 2.92. The highest BCUT2D eigenvalue weighted by atomic mass is 32.2. The van der Waals surface area contributed by atoms with Crippen molar-refractivity contribution in [3.63, 3.8) is 0 Å². The largest absolute Gasteiger partial charge is 0.326 e. The molecule has 2 rings (SSSR count). The summed E-state index contributed by atoms with van der Waals surface area (Å²) < 4.78 is 40.5. The number of sulfonamides is 1. The van der Waals surface area contributed by atoms with E-state index < -0.39 is 15.8 Å². The molecule has 23 heavy (non-hydrogen) atoms. The van der Waals surface area contributed by atoms with Crippen LogP contribution in [0.2, 0.25) is 0 Å². The number of carbonyl (C=O) groups excluding carboxylic acids is 1. The number of halogens is 1. The maximum Gasteiger partial charge on any atom is 0.262 e. The van der Waals surface area contributed by atoms with Crippen LogP contribution in [-0.2, 0) is 14.8 Å². The summed E-state index contributed by atoms with van der Waals surface area (Å²) in [4.78, 5) is 10.8. The van der Waals surface area contributed by atoms with Crippen molar-refractivity contribution in [1.82, 2.24) is 0 Å². The molecule has 0 atom stereocenters. The third-order valence-corrected chi connectivity index (χ3v) is 4.17. The van der Waals surface area contributed by atoms with Crippen molar-refractivity contribution in [1.29, 1.82) is 5.26 Å².